The van der Waals surface area contributed by atoms with Crippen LogP contribution in [0.1, 0.15) is 6.99 Å². The van der Waals surface area contributed by atoms with Crippen LogP contribution in [0.3, 0.4) is 0 Å². The molecule has 0 fully saturated rings. The van der Waals surface area contributed by atoms with Gasteiger partial charge in [-0.05, 0) is 5.56 Å². The Morgan fingerprint density at radius 2 is 1.83 bits per heavy atom. The van der Waals surface area contributed by atoms with Crippen molar-refractivity contribution < 1.29 is 75.7 Å². The summed E-state index contributed by atoms with van der Waals surface area (Å²) in [7, 11) is 0. The van der Waals surface area contributed by atoms with Gasteiger partial charge in [0, 0.05) is 13.1 Å². The molecule has 3 nitrogen and oxygen atoms in total. The van der Waals surface area contributed by atoms with Gasteiger partial charge in [0.25, 0.3) is 0 Å². The molecule has 1 aromatic carbocycles. The van der Waals surface area contributed by atoms with Crippen LogP contribution in [0.25, 0.3) is 0 Å². The van der Waals surface area contributed by atoms with Crippen molar-refractivity contribution in [2.75, 3.05) is 6.54 Å². The van der Waals surface area contributed by atoms with Crippen molar-refractivity contribution in [1.29, 1.82) is 0 Å². The van der Waals surface area contributed by atoms with Crippen LogP contribution in [-0.2, 0) is 6.54 Å². The molecule has 0 unspecified atom stereocenters. The number of carboxylic acid groups (broad SMARTS) is 1. The minimum atomic E-state index is -4.95. The zero-order valence-electron chi connectivity index (χ0n) is 11.0. The summed E-state index contributed by atoms with van der Waals surface area (Å²) in [5.41, 5.74) is 0.671. The maximum Gasteiger partial charge on any atom is 1.00 e. The van der Waals surface area contributed by atoms with Crippen molar-refractivity contribution in [1.82, 2.24) is 4.90 Å². The number of rotatable bonds is 5. The maximum atomic E-state index is 12.1. The molecule has 0 radical (unpaired) electrons. The second kappa shape index (κ2) is 8.21. The van der Waals surface area contributed by atoms with Crippen molar-refractivity contribution in [2.45, 2.75) is 12.9 Å². The molecule has 0 saturated carbocycles. The third kappa shape index (κ3) is 7.42. The molecule has 0 saturated heterocycles. The SMILES string of the molecule is O=C(O)N(CC[B-](F)(F)F)Cc1ccccc1.[H-].[K+]. The first kappa shape index (κ1) is 18.0. The molecular weight excluding hydrogens is 273 g/mol. The third-order valence-corrected chi connectivity index (χ3v) is 2.21. The van der Waals surface area contributed by atoms with Crippen molar-refractivity contribution in [3.8, 4) is 0 Å². The van der Waals surface area contributed by atoms with E-state index in [9.17, 15) is 17.7 Å². The van der Waals surface area contributed by atoms with Gasteiger partial charge in [-0.2, -0.15) is 0 Å². The van der Waals surface area contributed by atoms with Crippen LogP contribution >= 0.6 is 0 Å². The predicted octanol–water partition coefficient (Wildman–Crippen LogP) is 0.131. The first-order valence-electron chi connectivity index (χ1n) is 5.11. The van der Waals surface area contributed by atoms with Gasteiger partial charge in [0.2, 0.25) is 0 Å². The molecule has 8 heteroatoms. The van der Waals surface area contributed by atoms with Crippen LogP contribution in [0.5, 0.6) is 0 Å². The van der Waals surface area contributed by atoms with E-state index in [1.165, 1.54) is 0 Å². The fourth-order valence-electron chi connectivity index (χ4n) is 1.35. The molecule has 0 bridgehead atoms. The fourth-order valence-corrected chi connectivity index (χ4v) is 1.35. The van der Waals surface area contributed by atoms with E-state index in [-0.39, 0.29) is 59.4 Å². The monoisotopic (exact) mass is 286 g/mol. The summed E-state index contributed by atoms with van der Waals surface area (Å²) < 4.78 is 36.2. The van der Waals surface area contributed by atoms with Crippen LogP contribution < -0.4 is 51.4 Å². The van der Waals surface area contributed by atoms with Gasteiger partial charge in [0.05, 0.1) is 0 Å². The second-order valence-electron chi connectivity index (χ2n) is 3.69. The summed E-state index contributed by atoms with van der Waals surface area (Å²) in [6.07, 6.45) is -2.41. The summed E-state index contributed by atoms with van der Waals surface area (Å²) >= 11 is 0. The van der Waals surface area contributed by atoms with E-state index in [1.807, 2.05) is 0 Å². The Hall–Kier alpha value is -0.0187. The molecule has 18 heavy (non-hydrogen) atoms. The van der Waals surface area contributed by atoms with Crippen LogP contribution in [0.2, 0.25) is 6.32 Å². The number of benzene rings is 1. The van der Waals surface area contributed by atoms with Gasteiger partial charge in [-0.3, -0.25) is 0 Å². The standard InChI is InChI=1S/C10H12BF3NO2.K.H/c12-11(13,14)6-7-15(10(16)17)8-9-4-2-1-3-5-9;;/h1-5H,6-8H2,(H,16,17);;/q-1;+1;-1. The largest absolute Gasteiger partial charge is 1.00 e. The predicted molar refractivity (Wildman–Crippen MR) is 59.9 cm³/mol. The Morgan fingerprint density at radius 1 is 1.28 bits per heavy atom. The molecule has 0 spiro atoms. The van der Waals surface area contributed by atoms with E-state index in [0.29, 0.717) is 5.56 Å². The van der Waals surface area contributed by atoms with E-state index in [1.54, 1.807) is 30.3 Å². The Bertz CT molecular complexity index is 381. The molecule has 1 N–H and O–H groups in total. The zero-order chi connectivity index (χ0) is 12.9. The van der Waals surface area contributed by atoms with Crippen LogP contribution in [0.15, 0.2) is 30.3 Å². The number of amides is 1. The molecule has 1 aromatic rings. The van der Waals surface area contributed by atoms with Crippen molar-refractivity contribution in [3.05, 3.63) is 35.9 Å². The zero-order valence-corrected chi connectivity index (χ0v) is 13.1. The van der Waals surface area contributed by atoms with E-state index >= 15 is 0 Å². The molecule has 1 rings (SSSR count). The van der Waals surface area contributed by atoms with E-state index < -0.39 is 25.9 Å². The Labute approximate surface area is 147 Å². The molecule has 96 valence electrons. The number of hydrogen-bond acceptors (Lipinski definition) is 1. The van der Waals surface area contributed by atoms with Gasteiger partial charge in [-0.1, -0.05) is 36.7 Å². The fraction of sp³-hybridized carbons (Fsp3) is 0.300. The van der Waals surface area contributed by atoms with Gasteiger partial charge in [-0.15, -0.1) is 0 Å². The molecule has 1 amide bonds. The normalized spacial score (nSPS) is 10.6. The number of carbonyl (C=O) groups is 1. The average molecular weight is 286 g/mol. The van der Waals surface area contributed by atoms with Gasteiger partial charge in [-0.25, -0.2) is 4.79 Å². The Morgan fingerprint density at radius 3 is 2.28 bits per heavy atom. The molecule has 0 atom stereocenters. The van der Waals surface area contributed by atoms with Crippen LogP contribution in [0.4, 0.5) is 17.7 Å². The Balaban J connectivity index is 0. The van der Waals surface area contributed by atoms with Gasteiger partial charge < -0.3 is 24.4 Å². The van der Waals surface area contributed by atoms with E-state index in [0.717, 1.165) is 4.90 Å². The first-order chi connectivity index (χ1) is 7.88. The summed E-state index contributed by atoms with van der Waals surface area (Å²) in [5, 5.41) is 8.80. The summed E-state index contributed by atoms with van der Waals surface area (Å²) in [6.45, 7) is -5.49. The molecule has 0 aromatic heterocycles. The summed E-state index contributed by atoms with van der Waals surface area (Å²) in [6, 6.07) is 8.53. The topological polar surface area (TPSA) is 40.5 Å². The van der Waals surface area contributed by atoms with Gasteiger partial charge in [0.1, 0.15) is 0 Å². The first-order valence-corrected chi connectivity index (χ1v) is 5.11. The molecular formula is C10H13BF3KNO2-. The van der Waals surface area contributed by atoms with Gasteiger partial charge in [0.15, 0.2) is 0 Å². The van der Waals surface area contributed by atoms with E-state index in [4.69, 9.17) is 5.11 Å². The molecule has 0 aliphatic rings. The summed E-state index contributed by atoms with van der Waals surface area (Å²) in [4.78, 5) is 11.6. The smallest absolute Gasteiger partial charge is 1.00 e. The molecule has 0 aliphatic heterocycles. The number of nitrogens with zero attached hydrogens (tertiary/aromatic N) is 1. The maximum absolute atomic E-state index is 12.1. The molecule has 0 heterocycles. The number of halogens is 3. The third-order valence-electron chi connectivity index (χ3n) is 2.21. The minimum Gasteiger partial charge on any atom is -1.00 e. The van der Waals surface area contributed by atoms with Crippen molar-refractivity contribution in [3.63, 3.8) is 0 Å². The summed E-state index contributed by atoms with van der Waals surface area (Å²) in [5.74, 6) is 0. The van der Waals surface area contributed by atoms with Crippen LogP contribution in [0, 0.1) is 0 Å². The Kier molecular flexibility index (Phi) is 8.20. The quantitative estimate of drug-likeness (QED) is 0.782. The molecule has 0 aliphatic carbocycles. The van der Waals surface area contributed by atoms with Gasteiger partial charge >= 0.3 is 64.5 Å². The minimum absolute atomic E-state index is 0. The second-order valence-corrected chi connectivity index (χ2v) is 3.69. The average Bonchev–Trinajstić information content (AvgIpc) is 2.24. The van der Waals surface area contributed by atoms with Crippen molar-refractivity contribution in [2.24, 2.45) is 0 Å². The van der Waals surface area contributed by atoms with Crippen molar-refractivity contribution >= 4 is 13.1 Å². The van der Waals surface area contributed by atoms with Crippen LogP contribution in [-0.4, -0.2) is 29.6 Å². The van der Waals surface area contributed by atoms with E-state index in [2.05, 4.69) is 0 Å². The number of hydrogen-bond donors (Lipinski definition) is 1.